The molecule has 1 aliphatic rings. The quantitative estimate of drug-likeness (QED) is 0.399. The molecule has 1 aliphatic heterocycles. The molecule has 1 aromatic heterocycles. The van der Waals surface area contributed by atoms with Crippen LogP contribution in [-0.2, 0) is 14.3 Å². The normalized spacial score (nSPS) is 15.5. The molecule has 1 atom stereocenters. The molecule has 0 saturated carbocycles. The molecule has 9 heteroatoms. The third-order valence-corrected chi connectivity index (χ3v) is 6.50. The number of fused-ring (bicyclic) bond motifs is 1. The summed E-state index contributed by atoms with van der Waals surface area (Å²) in [4.78, 5) is 43.0. The largest absolute Gasteiger partial charge is 0.463 e. The molecule has 2 aromatic carbocycles. The van der Waals surface area contributed by atoms with Crippen molar-refractivity contribution in [3.05, 3.63) is 95.6 Å². The summed E-state index contributed by atoms with van der Waals surface area (Å²) in [7, 11) is 0. The number of ether oxygens (including phenoxy) is 2. The highest BCUT2D eigenvalue weighted by Gasteiger charge is 2.34. The van der Waals surface area contributed by atoms with Crippen LogP contribution < -0.4 is 19.6 Å². The molecule has 174 valence electrons. The van der Waals surface area contributed by atoms with Crippen molar-refractivity contribution in [1.29, 1.82) is 0 Å². The van der Waals surface area contributed by atoms with Gasteiger partial charge in [-0.3, -0.25) is 14.2 Å². The summed E-state index contributed by atoms with van der Waals surface area (Å²) in [5, 5.41) is 0.416. The van der Waals surface area contributed by atoms with Crippen molar-refractivity contribution < 1.29 is 19.1 Å². The average Bonchev–Trinajstić information content (AvgIpc) is 3.09. The first-order valence-electron chi connectivity index (χ1n) is 10.5. The third-order valence-electron chi connectivity index (χ3n) is 5.18. The molecule has 7 nitrogen and oxygen atoms in total. The van der Waals surface area contributed by atoms with E-state index in [0.29, 0.717) is 36.9 Å². The molecule has 0 radical (unpaired) electrons. The summed E-state index contributed by atoms with van der Waals surface area (Å²) in [6.07, 6.45) is 1.65. The summed E-state index contributed by atoms with van der Waals surface area (Å²) in [6.45, 7) is 4.92. The SMILES string of the molecule is CCOC(=O)C1=C(C)N=c2s/c(=C/c3ccccc3OC(C)=O)c(=O)n2C1c1ccccc1Cl. The number of hydrogen-bond acceptors (Lipinski definition) is 7. The minimum atomic E-state index is -0.796. The second kappa shape index (κ2) is 9.79. The summed E-state index contributed by atoms with van der Waals surface area (Å²) < 4.78 is 12.4. The number of rotatable bonds is 5. The molecular weight excluding hydrogens is 476 g/mol. The number of nitrogens with zero attached hydrogens (tertiary/aromatic N) is 2. The van der Waals surface area contributed by atoms with E-state index in [1.807, 2.05) is 0 Å². The van der Waals surface area contributed by atoms with Crippen LogP contribution in [0.15, 0.2) is 69.6 Å². The summed E-state index contributed by atoms with van der Waals surface area (Å²) in [5.74, 6) is -0.675. The molecule has 1 unspecified atom stereocenters. The van der Waals surface area contributed by atoms with E-state index in [9.17, 15) is 14.4 Å². The Morgan fingerprint density at radius 2 is 1.88 bits per heavy atom. The van der Waals surface area contributed by atoms with Crippen molar-refractivity contribution in [2.24, 2.45) is 4.99 Å². The van der Waals surface area contributed by atoms with E-state index in [1.54, 1.807) is 68.5 Å². The molecule has 0 fully saturated rings. The molecule has 0 bridgehead atoms. The van der Waals surface area contributed by atoms with E-state index in [1.165, 1.54) is 22.8 Å². The molecule has 0 N–H and O–H groups in total. The Morgan fingerprint density at radius 1 is 1.18 bits per heavy atom. The zero-order chi connectivity index (χ0) is 24.4. The topological polar surface area (TPSA) is 87.0 Å². The number of esters is 2. The summed E-state index contributed by atoms with van der Waals surface area (Å²) in [5.41, 5.74) is 1.53. The highest BCUT2D eigenvalue weighted by atomic mass is 35.5. The van der Waals surface area contributed by atoms with Crippen molar-refractivity contribution in [1.82, 2.24) is 4.57 Å². The number of allylic oxidation sites excluding steroid dienone is 1. The van der Waals surface area contributed by atoms with Gasteiger partial charge in [0.1, 0.15) is 11.8 Å². The van der Waals surface area contributed by atoms with Gasteiger partial charge < -0.3 is 9.47 Å². The third kappa shape index (κ3) is 4.47. The molecule has 34 heavy (non-hydrogen) atoms. The first-order valence-corrected chi connectivity index (χ1v) is 11.7. The van der Waals surface area contributed by atoms with Gasteiger partial charge in [-0.25, -0.2) is 9.79 Å². The van der Waals surface area contributed by atoms with Gasteiger partial charge in [0, 0.05) is 17.5 Å². The lowest BCUT2D eigenvalue weighted by Crippen LogP contribution is -2.40. The zero-order valence-corrected chi connectivity index (χ0v) is 20.3. The number of carbonyl (C=O) groups excluding carboxylic acids is 2. The maximum Gasteiger partial charge on any atom is 0.338 e. The predicted octanol–water partition coefficient (Wildman–Crippen LogP) is 3.38. The van der Waals surface area contributed by atoms with Crippen molar-refractivity contribution in [3.63, 3.8) is 0 Å². The van der Waals surface area contributed by atoms with Crippen LogP contribution in [0.4, 0.5) is 0 Å². The highest BCUT2D eigenvalue weighted by Crippen LogP contribution is 2.34. The van der Waals surface area contributed by atoms with Crippen LogP contribution in [0.2, 0.25) is 5.02 Å². The average molecular weight is 497 g/mol. The van der Waals surface area contributed by atoms with Gasteiger partial charge in [-0.05, 0) is 37.6 Å². The van der Waals surface area contributed by atoms with Gasteiger partial charge in [-0.15, -0.1) is 0 Å². The Balaban J connectivity index is 1.97. The van der Waals surface area contributed by atoms with Crippen LogP contribution in [0.25, 0.3) is 6.08 Å². The lowest BCUT2D eigenvalue weighted by Gasteiger charge is -2.25. The van der Waals surface area contributed by atoms with Crippen molar-refractivity contribution >= 4 is 41.0 Å². The second-order valence-corrected chi connectivity index (χ2v) is 8.87. The first-order chi connectivity index (χ1) is 16.3. The summed E-state index contributed by atoms with van der Waals surface area (Å²) in [6, 6.07) is 13.2. The highest BCUT2D eigenvalue weighted by molar-refractivity contribution is 7.07. The number of benzene rings is 2. The van der Waals surface area contributed by atoms with Crippen LogP contribution in [0.1, 0.15) is 37.9 Å². The zero-order valence-electron chi connectivity index (χ0n) is 18.7. The first kappa shape index (κ1) is 23.7. The number of para-hydroxylation sites is 1. The fraction of sp³-hybridized carbons (Fsp3) is 0.200. The number of carbonyl (C=O) groups is 2. The van der Waals surface area contributed by atoms with Crippen LogP contribution in [0.5, 0.6) is 5.75 Å². The van der Waals surface area contributed by atoms with Crippen molar-refractivity contribution in [3.8, 4) is 5.75 Å². The van der Waals surface area contributed by atoms with E-state index < -0.39 is 18.0 Å². The smallest absolute Gasteiger partial charge is 0.338 e. The Bertz CT molecular complexity index is 1500. The van der Waals surface area contributed by atoms with Crippen molar-refractivity contribution in [2.45, 2.75) is 26.8 Å². The fourth-order valence-electron chi connectivity index (χ4n) is 3.77. The minimum Gasteiger partial charge on any atom is -0.463 e. The second-order valence-electron chi connectivity index (χ2n) is 7.46. The van der Waals surface area contributed by atoms with Gasteiger partial charge in [-0.2, -0.15) is 0 Å². The van der Waals surface area contributed by atoms with Crippen LogP contribution in [0, 0.1) is 0 Å². The summed E-state index contributed by atoms with van der Waals surface area (Å²) >= 11 is 7.68. The predicted molar refractivity (Wildman–Crippen MR) is 130 cm³/mol. The fourth-order valence-corrected chi connectivity index (χ4v) is 5.05. The Morgan fingerprint density at radius 3 is 2.59 bits per heavy atom. The van der Waals surface area contributed by atoms with Gasteiger partial charge in [0.15, 0.2) is 4.80 Å². The van der Waals surface area contributed by atoms with Crippen LogP contribution in [-0.4, -0.2) is 23.1 Å². The molecule has 3 aromatic rings. The maximum absolute atomic E-state index is 13.6. The minimum absolute atomic E-state index is 0.183. The molecule has 0 aliphatic carbocycles. The van der Waals surface area contributed by atoms with E-state index in [4.69, 9.17) is 21.1 Å². The monoisotopic (exact) mass is 496 g/mol. The van der Waals surface area contributed by atoms with Gasteiger partial charge in [0.05, 0.1) is 22.4 Å². The van der Waals surface area contributed by atoms with Gasteiger partial charge >= 0.3 is 11.9 Å². The number of hydrogen-bond donors (Lipinski definition) is 0. The molecule has 2 heterocycles. The van der Waals surface area contributed by atoms with Crippen molar-refractivity contribution in [2.75, 3.05) is 6.61 Å². The van der Waals surface area contributed by atoms with Gasteiger partial charge in [0.2, 0.25) is 0 Å². The Kier molecular flexibility index (Phi) is 6.81. The number of aromatic nitrogens is 1. The molecule has 0 amide bonds. The molecule has 0 saturated heterocycles. The maximum atomic E-state index is 13.6. The Hall–Kier alpha value is -3.49. The van der Waals surface area contributed by atoms with Crippen LogP contribution in [0.3, 0.4) is 0 Å². The van der Waals surface area contributed by atoms with E-state index in [0.717, 1.165) is 0 Å². The number of thiazole rings is 1. The van der Waals surface area contributed by atoms with Gasteiger partial charge in [-0.1, -0.05) is 59.3 Å². The number of halogens is 1. The molecule has 4 rings (SSSR count). The molecular formula is C25H21ClN2O5S. The lowest BCUT2D eigenvalue weighted by molar-refractivity contribution is -0.139. The lowest BCUT2D eigenvalue weighted by atomic mass is 9.96. The molecule has 0 spiro atoms. The van der Waals surface area contributed by atoms with E-state index >= 15 is 0 Å². The Labute approximate surface area is 204 Å². The van der Waals surface area contributed by atoms with E-state index in [2.05, 4.69) is 4.99 Å². The standard InChI is InChI=1S/C25H21ClN2O5S/c1-4-32-24(31)21-14(2)27-25-28(22(21)17-10-6-7-11-18(17)26)23(30)20(34-25)13-16-9-5-8-12-19(16)33-15(3)29/h5-13,22H,4H2,1-3H3/b20-13+. The van der Waals surface area contributed by atoms with Gasteiger partial charge in [0.25, 0.3) is 5.56 Å². The van der Waals surface area contributed by atoms with Crippen LogP contribution >= 0.6 is 22.9 Å². The van der Waals surface area contributed by atoms with E-state index in [-0.39, 0.29) is 17.7 Å².